The van der Waals surface area contributed by atoms with Gasteiger partial charge in [-0.2, -0.15) is 0 Å². The molecule has 1 aromatic rings. The zero-order valence-electron chi connectivity index (χ0n) is 14.1. The van der Waals surface area contributed by atoms with Crippen molar-refractivity contribution in [2.45, 2.75) is 19.4 Å². The summed E-state index contributed by atoms with van der Waals surface area (Å²) in [5.41, 5.74) is 0. The van der Waals surface area contributed by atoms with Crippen molar-refractivity contribution in [3.63, 3.8) is 0 Å². The molecule has 7 nitrogen and oxygen atoms in total. The Morgan fingerprint density at radius 1 is 1.26 bits per heavy atom. The molecule has 23 heavy (non-hydrogen) atoms. The Morgan fingerprint density at radius 2 is 1.96 bits per heavy atom. The number of hydrogen-bond acceptors (Lipinski definition) is 5. The summed E-state index contributed by atoms with van der Waals surface area (Å²) >= 11 is 0. The maximum atomic E-state index is 4.32. The average Bonchev–Trinajstić information content (AvgIpc) is 3.30. The average molecular weight is 317 g/mol. The molecule has 126 valence electrons. The van der Waals surface area contributed by atoms with Gasteiger partial charge in [-0.15, -0.1) is 0 Å². The van der Waals surface area contributed by atoms with Gasteiger partial charge in [-0.25, -0.2) is 9.97 Å². The van der Waals surface area contributed by atoms with E-state index in [0.717, 1.165) is 57.1 Å². The third-order valence-electron chi connectivity index (χ3n) is 4.58. The summed E-state index contributed by atoms with van der Waals surface area (Å²) in [5, 5.41) is 6.86. The molecule has 2 heterocycles. The highest BCUT2D eigenvalue weighted by Crippen LogP contribution is 2.28. The molecule has 0 aromatic carbocycles. The first kappa shape index (κ1) is 16.0. The van der Waals surface area contributed by atoms with Crippen LogP contribution in [0.4, 0.5) is 5.95 Å². The van der Waals surface area contributed by atoms with Crippen LogP contribution in [0.15, 0.2) is 23.5 Å². The number of nitrogens with one attached hydrogen (secondary N) is 2. The molecule has 1 aliphatic carbocycles. The summed E-state index contributed by atoms with van der Waals surface area (Å²) in [4.78, 5) is 17.7. The number of nitrogens with zero attached hydrogens (tertiary/aromatic N) is 5. The standard InChI is InChI=1S/C16H27N7/c1-13-12-14(13)21-15(17-2)18-6-7-22-8-10-23(11-9-22)16-19-4-3-5-20-16/h3-5,13-14H,6-12H2,1-2H3,(H2,17,18,21). The SMILES string of the molecule is CN=C(NCCN1CCN(c2ncccn2)CC1)NC1CC1C. The number of aliphatic imine (C=N–C) groups is 1. The van der Waals surface area contributed by atoms with Crippen molar-refractivity contribution in [1.29, 1.82) is 0 Å². The summed E-state index contributed by atoms with van der Waals surface area (Å²) in [5.74, 6) is 2.55. The number of rotatable bonds is 5. The van der Waals surface area contributed by atoms with Gasteiger partial charge in [0.25, 0.3) is 0 Å². The lowest BCUT2D eigenvalue weighted by Gasteiger charge is -2.34. The molecular weight excluding hydrogens is 290 g/mol. The smallest absolute Gasteiger partial charge is 0.225 e. The van der Waals surface area contributed by atoms with E-state index < -0.39 is 0 Å². The zero-order valence-corrected chi connectivity index (χ0v) is 14.1. The molecule has 1 saturated carbocycles. The Hall–Kier alpha value is -1.89. The van der Waals surface area contributed by atoms with Gasteiger partial charge in [0.1, 0.15) is 0 Å². The van der Waals surface area contributed by atoms with Crippen LogP contribution in [-0.2, 0) is 0 Å². The number of piperazine rings is 1. The van der Waals surface area contributed by atoms with Crippen molar-refractivity contribution in [3.8, 4) is 0 Å². The van der Waals surface area contributed by atoms with E-state index in [2.05, 4.69) is 42.3 Å². The minimum atomic E-state index is 0.607. The summed E-state index contributed by atoms with van der Waals surface area (Å²) in [6.07, 6.45) is 4.86. The minimum Gasteiger partial charge on any atom is -0.355 e. The molecule has 2 fully saturated rings. The molecule has 0 bridgehead atoms. The van der Waals surface area contributed by atoms with E-state index in [1.54, 1.807) is 12.4 Å². The van der Waals surface area contributed by atoms with Crippen LogP contribution in [0.5, 0.6) is 0 Å². The first-order chi connectivity index (χ1) is 11.3. The van der Waals surface area contributed by atoms with E-state index in [0.29, 0.717) is 6.04 Å². The molecule has 2 unspecified atom stereocenters. The quantitative estimate of drug-likeness (QED) is 0.596. The van der Waals surface area contributed by atoms with Crippen LogP contribution in [0, 0.1) is 5.92 Å². The van der Waals surface area contributed by atoms with Gasteiger partial charge in [-0.3, -0.25) is 9.89 Å². The summed E-state index contributed by atoms with van der Waals surface area (Å²) < 4.78 is 0. The fraction of sp³-hybridized carbons (Fsp3) is 0.688. The molecule has 7 heteroatoms. The molecular formula is C16H27N7. The summed E-state index contributed by atoms with van der Waals surface area (Å²) in [6.45, 7) is 8.28. The first-order valence-corrected chi connectivity index (χ1v) is 8.48. The van der Waals surface area contributed by atoms with E-state index in [1.165, 1.54) is 6.42 Å². The molecule has 0 amide bonds. The largest absolute Gasteiger partial charge is 0.355 e. The lowest BCUT2D eigenvalue weighted by Crippen LogP contribution is -2.50. The zero-order chi connectivity index (χ0) is 16.1. The Kier molecular flexibility index (Phi) is 5.27. The fourth-order valence-electron chi connectivity index (χ4n) is 2.85. The van der Waals surface area contributed by atoms with Crippen LogP contribution in [-0.4, -0.2) is 73.2 Å². The third kappa shape index (κ3) is 4.54. The Labute approximate surface area is 138 Å². The van der Waals surface area contributed by atoms with E-state index in [9.17, 15) is 0 Å². The van der Waals surface area contributed by atoms with Crippen molar-refractivity contribution in [2.24, 2.45) is 10.9 Å². The maximum Gasteiger partial charge on any atom is 0.225 e. The summed E-state index contributed by atoms with van der Waals surface area (Å²) in [7, 11) is 1.83. The lowest BCUT2D eigenvalue weighted by molar-refractivity contribution is 0.260. The predicted molar refractivity (Wildman–Crippen MR) is 92.8 cm³/mol. The lowest BCUT2D eigenvalue weighted by atomic mass is 10.3. The maximum absolute atomic E-state index is 4.32. The van der Waals surface area contributed by atoms with Gasteiger partial charge in [0, 0.05) is 64.8 Å². The van der Waals surface area contributed by atoms with Gasteiger partial charge >= 0.3 is 0 Å². The van der Waals surface area contributed by atoms with E-state index >= 15 is 0 Å². The van der Waals surface area contributed by atoms with Gasteiger partial charge in [0.2, 0.25) is 5.95 Å². The van der Waals surface area contributed by atoms with Gasteiger partial charge in [0.05, 0.1) is 0 Å². The van der Waals surface area contributed by atoms with Crippen LogP contribution in [0.1, 0.15) is 13.3 Å². The fourth-order valence-corrected chi connectivity index (χ4v) is 2.85. The van der Waals surface area contributed by atoms with Gasteiger partial charge in [-0.1, -0.05) is 6.92 Å². The number of guanidine groups is 1. The first-order valence-electron chi connectivity index (χ1n) is 8.48. The van der Waals surface area contributed by atoms with Crippen molar-refractivity contribution in [2.75, 3.05) is 51.2 Å². The second-order valence-electron chi connectivity index (χ2n) is 6.34. The van der Waals surface area contributed by atoms with Gasteiger partial charge in [-0.05, 0) is 18.4 Å². The molecule has 2 N–H and O–H groups in total. The topological polar surface area (TPSA) is 68.7 Å². The highest BCUT2D eigenvalue weighted by atomic mass is 15.3. The highest BCUT2D eigenvalue weighted by Gasteiger charge is 2.33. The second-order valence-corrected chi connectivity index (χ2v) is 6.34. The van der Waals surface area contributed by atoms with E-state index in [-0.39, 0.29) is 0 Å². The predicted octanol–water partition coefficient (Wildman–Crippen LogP) is 0.172. The molecule has 2 atom stereocenters. The van der Waals surface area contributed by atoms with Crippen LogP contribution in [0.25, 0.3) is 0 Å². The van der Waals surface area contributed by atoms with Gasteiger partial charge < -0.3 is 15.5 Å². The van der Waals surface area contributed by atoms with Crippen molar-refractivity contribution in [1.82, 2.24) is 25.5 Å². The number of aromatic nitrogens is 2. The monoisotopic (exact) mass is 317 g/mol. The normalized spacial score (nSPS) is 25.3. The Balaban J connectivity index is 1.34. The molecule has 0 radical (unpaired) electrons. The molecule has 2 aliphatic rings. The molecule has 1 saturated heterocycles. The third-order valence-corrected chi connectivity index (χ3v) is 4.58. The molecule has 3 rings (SSSR count). The van der Waals surface area contributed by atoms with Crippen LogP contribution in [0.3, 0.4) is 0 Å². The molecule has 1 aromatic heterocycles. The summed E-state index contributed by atoms with van der Waals surface area (Å²) in [6, 6.07) is 2.46. The van der Waals surface area contributed by atoms with Gasteiger partial charge in [0.15, 0.2) is 5.96 Å². The number of anilines is 1. The van der Waals surface area contributed by atoms with E-state index in [4.69, 9.17) is 0 Å². The molecule has 0 spiro atoms. The second kappa shape index (κ2) is 7.59. The van der Waals surface area contributed by atoms with Crippen LogP contribution in [0.2, 0.25) is 0 Å². The number of hydrogen-bond donors (Lipinski definition) is 2. The Morgan fingerprint density at radius 3 is 2.57 bits per heavy atom. The van der Waals surface area contributed by atoms with E-state index in [1.807, 2.05) is 13.1 Å². The van der Waals surface area contributed by atoms with Crippen molar-refractivity contribution < 1.29 is 0 Å². The Bertz CT molecular complexity index is 510. The van der Waals surface area contributed by atoms with Crippen LogP contribution < -0.4 is 15.5 Å². The van der Waals surface area contributed by atoms with Crippen molar-refractivity contribution in [3.05, 3.63) is 18.5 Å². The highest BCUT2D eigenvalue weighted by molar-refractivity contribution is 5.80. The molecule has 1 aliphatic heterocycles. The van der Waals surface area contributed by atoms with Crippen LogP contribution >= 0.6 is 0 Å². The minimum absolute atomic E-state index is 0.607. The van der Waals surface area contributed by atoms with Crippen molar-refractivity contribution >= 4 is 11.9 Å².